The van der Waals surface area contributed by atoms with Crippen LogP contribution < -0.4 is 4.90 Å². The number of para-hydroxylation sites is 2. The predicted molar refractivity (Wildman–Crippen MR) is 98.2 cm³/mol. The number of aromatic nitrogens is 1. The van der Waals surface area contributed by atoms with Gasteiger partial charge in [0.25, 0.3) is 5.91 Å². The van der Waals surface area contributed by atoms with Crippen LogP contribution in [0.4, 0.5) is 5.69 Å². The zero-order valence-electron chi connectivity index (χ0n) is 13.9. The first-order valence-electron chi connectivity index (χ1n) is 8.31. The molecular weight excluding hydrogens is 296 g/mol. The number of amides is 1. The fourth-order valence-electron chi connectivity index (χ4n) is 3.84. The fourth-order valence-corrected chi connectivity index (χ4v) is 3.84. The number of aryl methyl sites for hydroxylation is 1. The summed E-state index contributed by atoms with van der Waals surface area (Å²) in [5.41, 5.74) is 5.73. The van der Waals surface area contributed by atoms with Crippen LogP contribution in [0, 0.1) is 6.92 Å². The number of anilines is 1. The highest BCUT2D eigenvalue weighted by Crippen LogP contribution is 2.43. The van der Waals surface area contributed by atoms with Gasteiger partial charge in [-0.1, -0.05) is 42.5 Å². The average molecular weight is 316 g/mol. The van der Waals surface area contributed by atoms with Gasteiger partial charge in [0.05, 0.1) is 6.04 Å². The molecule has 1 amide bonds. The molecule has 0 saturated carbocycles. The van der Waals surface area contributed by atoms with Crippen molar-refractivity contribution in [1.82, 2.24) is 4.98 Å². The van der Waals surface area contributed by atoms with E-state index in [4.69, 9.17) is 0 Å². The van der Waals surface area contributed by atoms with Gasteiger partial charge in [-0.2, -0.15) is 0 Å². The van der Waals surface area contributed by atoms with E-state index in [1.54, 1.807) is 6.08 Å². The van der Waals surface area contributed by atoms with Gasteiger partial charge in [-0.15, -0.1) is 0 Å². The largest absolute Gasteiger partial charge is 0.358 e. The minimum atomic E-state index is 0.0299. The number of benzene rings is 2. The highest BCUT2D eigenvalue weighted by atomic mass is 16.2. The Hall–Kier alpha value is -2.81. The fraction of sp³-hybridized carbons (Fsp3) is 0.190. The van der Waals surface area contributed by atoms with Gasteiger partial charge < -0.3 is 9.88 Å². The summed E-state index contributed by atoms with van der Waals surface area (Å²) in [6.45, 7) is 3.97. The highest BCUT2D eigenvalue weighted by Gasteiger charge is 2.35. The lowest BCUT2D eigenvalue weighted by molar-refractivity contribution is -0.114. The second-order valence-corrected chi connectivity index (χ2v) is 6.27. The number of aromatic amines is 1. The monoisotopic (exact) mass is 316 g/mol. The summed E-state index contributed by atoms with van der Waals surface area (Å²) >= 11 is 0. The summed E-state index contributed by atoms with van der Waals surface area (Å²) in [7, 11) is 0. The van der Waals surface area contributed by atoms with Gasteiger partial charge in [0.15, 0.2) is 0 Å². The van der Waals surface area contributed by atoms with Crippen molar-refractivity contribution in [3.63, 3.8) is 0 Å². The van der Waals surface area contributed by atoms with E-state index in [1.165, 1.54) is 16.5 Å². The molecule has 1 aliphatic rings. The van der Waals surface area contributed by atoms with E-state index in [0.29, 0.717) is 0 Å². The van der Waals surface area contributed by atoms with Crippen LogP contribution in [0.3, 0.4) is 0 Å². The normalized spacial score (nSPS) is 16.9. The Kier molecular flexibility index (Phi) is 3.49. The molecule has 0 fully saturated rings. The zero-order valence-corrected chi connectivity index (χ0v) is 13.9. The van der Waals surface area contributed by atoms with Crippen LogP contribution >= 0.6 is 0 Å². The number of hydrogen-bond donors (Lipinski definition) is 1. The van der Waals surface area contributed by atoms with Crippen molar-refractivity contribution in [2.75, 3.05) is 4.90 Å². The molecule has 120 valence electrons. The Bertz CT molecular complexity index is 951. The summed E-state index contributed by atoms with van der Waals surface area (Å²) in [6.07, 6.45) is 4.31. The standard InChI is InChI=1S/C21H20N2O/c1-3-8-20(24)23-18-12-7-4-9-15(18)13-19(23)21-14(2)22-17-11-6-5-10-16(17)21/h3-12,19,22H,13H2,1-2H3/b8-3+/t19-/m1/s1. The molecule has 0 bridgehead atoms. The predicted octanol–water partition coefficient (Wildman–Crippen LogP) is 4.68. The molecule has 3 nitrogen and oxygen atoms in total. The number of carbonyl (C=O) groups is 1. The maximum absolute atomic E-state index is 12.8. The molecule has 3 aromatic rings. The summed E-state index contributed by atoms with van der Waals surface area (Å²) in [5, 5.41) is 1.20. The Labute approximate surface area is 141 Å². The molecule has 1 N–H and O–H groups in total. The maximum Gasteiger partial charge on any atom is 0.251 e. The van der Waals surface area contributed by atoms with Crippen molar-refractivity contribution in [2.45, 2.75) is 26.3 Å². The molecule has 0 radical (unpaired) electrons. The van der Waals surface area contributed by atoms with E-state index < -0.39 is 0 Å². The van der Waals surface area contributed by atoms with Crippen LogP contribution in [-0.2, 0) is 11.2 Å². The molecule has 2 heterocycles. The van der Waals surface area contributed by atoms with Gasteiger partial charge >= 0.3 is 0 Å². The van der Waals surface area contributed by atoms with Gasteiger partial charge in [-0.3, -0.25) is 4.79 Å². The molecule has 0 spiro atoms. The van der Waals surface area contributed by atoms with E-state index in [-0.39, 0.29) is 11.9 Å². The molecule has 1 aliphatic heterocycles. The van der Waals surface area contributed by atoms with Gasteiger partial charge in [0.1, 0.15) is 0 Å². The Morgan fingerprint density at radius 2 is 1.92 bits per heavy atom. The molecule has 2 aromatic carbocycles. The smallest absolute Gasteiger partial charge is 0.251 e. The van der Waals surface area contributed by atoms with Crippen molar-refractivity contribution in [3.05, 3.63) is 77.5 Å². The molecule has 1 aromatic heterocycles. The van der Waals surface area contributed by atoms with Crippen LogP contribution in [-0.4, -0.2) is 10.9 Å². The summed E-state index contributed by atoms with van der Waals surface area (Å²) < 4.78 is 0. The number of nitrogens with zero attached hydrogens (tertiary/aromatic N) is 1. The molecule has 1 atom stereocenters. The summed E-state index contributed by atoms with van der Waals surface area (Å²) in [4.78, 5) is 18.2. The minimum Gasteiger partial charge on any atom is -0.358 e. The van der Waals surface area contributed by atoms with E-state index >= 15 is 0 Å². The SMILES string of the molecule is C/C=C/C(=O)N1c2ccccc2C[C@@H]1c1c(C)[nH]c2ccccc12. The summed E-state index contributed by atoms with van der Waals surface area (Å²) in [6, 6.07) is 16.5. The van der Waals surface area contributed by atoms with Crippen molar-refractivity contribution in [2.24, 2.45) is 0 Å². The number of H-pyrrole nitrogens is 1. The van der Waals surface area contributed by atoms with Gasteiger partial charge in [0, 0.05) is 27.8 Å². The van der Waals surface area contributed by atoms with E-state index in [9.17, 15) is 4.79 Å². The van der Waals surface area contributed by atoms with Crippen LogP contribution in [0.15, 0.2) is 60.7 Å². The topological polar surface area (TPSA) is 36.1 Å². The van der Waals surface area contributed by atoms with Crippen LogP contribution in [0.1, 0.15) is 29.8 Å². The van der Waals surface area contributed by atoms with Crippen LogP contribution in [0.5, 0.6) is 0 Å². The highest BCUT2D eigenvalue weighted by molar-refractivity contribution is 6.04. The Morgan fingerprint density at radius 1 is 1.17 bits per heavy atom. The van der Waals surface area contributed by atoms with Crippen molar-refractivity contribution in [1.29, 1.82) is 0 Å². The van der Waals surface area contributed by atoms with E-state index in [1.807, 2.05) is 42.2 Å². The lowest BCUT2D eigenvalue weighted by atomic mass is 9.99. The van der Waals surface area contributed by atoms with Crippen LogP contribution in [0.25, 0.3) is 10.9 Å². The molecular formula is C21H20N2O. The third-order valence-electron chi connectivity index (χ3n) is 4.80. The third kappa shape index (κ3) is 2.16. The number of hydrogen-bond acceptors (Lipinski definition) is 1. The molecule has 0 unspecified atom stereocenters. The number of allylic oxidation sites excluding steroid dienone is 1. The van der Waals surface area contributed by atoms with Gasteiger partial charge in [-0.25, -0.2) is 0 Å². The molecule has 3 heteroatoms. The third-order valence-corrected chi connectivity index (χ3v) is 4.80. The Morgan fingerprint density at radius 3 is 2.75 bits per heavy atom. The van der Waals surface area contributed by atoms with Gasteiger partial charge in [-0.05, 0) is 44.0 Å². The van der Waals surface area contributed by atoms with E-state index in [2.05, 4.69) is 36.2 Å². The number of nitrogens with one attached hydrogen (secondary N) is 1. The number of fused-ring (bicyclic) bond motifs is 2. The lowest BCUT2D eigenvalue weighted by Gasteiger charge is -2.25. The van der Waals surface area contributed by atoms with Gasteiger partial charge in [0.2, 0.25) is 0 Å². The summed E-state index contributed by atoms with van der Waals surface area (Å²) in [5.74, 6) is 0.0390. The first kappa shape index (κ1) is 14.8. The zero-order chi connectivity index (χ0) is 16.7. The number of rotatable bonds is 2. The molecule has 0 aliphatic carbocycles. The first-order chi connectivity index (χ1) is 11.7. The molecule has 0 saturated heterocycles. The Balaban J connectivity index is 1.90. The van der Waals surface area contributed by atoms with Crippen LogP contribution in [0.2, 0.25) is 0 Å². The van der Waals surface area contributed by atoms with Crippen molar-refractivity contribution >= 4 is 22.5 Å². The van der Waals surface area contributed by atoms with Crippen molar-refractivity contribution in [3.8, 4) is 0 Å². The molecule has 24 heavy (non-hydrogen) atoms. The maximum atomic E-state index is 12.8. The second kappa shape index (κ2) is 5.68. The second-order valence-electron chi connectivity index (χ2n) is 6.27. The first-order valence-corrected chi connectivity index (χ1v) is 8.31. The minimum absolute atomic E-state index is 0.0299. The quantitative estimate of drug-likeness (QED) is 0.684. The number of carbonyl (C=O) groups excluding carboxylic acids is 1. The lowest BCUT2D eigenvalue weighted by Crippen LogP contribution is -2.30. The molecule has 4 rings (SSSR count). The van der Waals surface area contributed by atoms with Crippen molar-refractivity contribution < 1.29 is 4.79 Å². The average Bonchev–Trinajstić information content (AvgIpc) is 3.11. The van der Waals surface area contributed by atoms with E-state index in [0.717, 1.165) is 23.3 Å².